The molecule has 0 aromatic heterocycles. The summed E-state index contributed by atoms with van der Waals surface area (Å²) < 4.78 is 16.8. The molecule has 0 bridgehead atoms. The smallest absolute Gasteiger partial charge is 0.332 e. The number of ether oxygens (including phenoxy) is 3. The number of rotatable bonds is 8. The molecule has 2 aliphatic carbocycles. The van der Waals surface area contributed by atoms with E-state index in [1.807, 2.05) is 20.8 Å². The molecule has 0 unspecified atom stereocenters. The van der Waals surface area contributed by atoms with E-state index in [-0.39, 0.29) is 43.4 Å². The van der Waals surface area contributed by atoms with Crippen molar-refractivity contribution in [3.05, 3.63) is 10.4 Å². The largest absolute Gasteiger partial charge is 0.458 e. The van der Waals surface area contributed by atoms with E-state index in [9.17, 15) is 9.59 Å². The Hall–Kier alpha value is -1.83. The molecule has 2 fully saturated rings. The normalized spacial score (nSPS) is 27.6. The van der Waals surface area contributed by atoms with Gasteiger partial charge in [0.25, 0.3) is 0 Å². The van der Waals surface area contributed by atoms with E-state index in [4.69, 9.17) is 19.7 Å². The first-order valence-corrected chi connectivity index (χ1v) is 10.6. The highest BCUT2D eigenvalue weighted by molar-refractivity contribution is 5.77. The summed E-state index contributed by atoms with van der Waals surface area (Å²) in [5, 5.41) is 6.78. The first-order chi connectivity index (χ1) is 13.8. The lowest BCUT2D eigenvalue weighted by Gasteiger charge is -2.33. The molecular formula is C20H34N4O5. The second kappa shape index (κ2) is 11.4. The minimum absolute atomic E-state index is 0.0720. The van der Waals surface area contributed by atoms with E-state index in [1.54, 1.807) is 0 Å². The third-order valence-electron chi connectivity index (χ3n) is 5.18. The number of amides is 1. The summed E-state index contributed by atoms with van der Waals surface area (Å²) in [6, 6.07) is -0.359. The van der Waals surface area contributed by atoms with Gasteiger partial charge >= 0.3 is 5.97 Å². The highest BCUT2D eigenvalue weighted by Gasteiger charge is 2.30. The number of nitrogens with one attached hydrogen (secondary N) is 1. The van der Waals surface area contributed by atoms with Crippen LogP contribution in [0.15, 0.2) is 5.11 Å². The number of azide groups is 1. The van der Waals surface area contributed by atoms with E-state index in [2.05, 4.69) is 15.3 Å². The molecule has 1 amide bonds. The Bertz CT molecular complexity index is 600. The van der Waals surface area contributed by atoms with Crippen LogP contribution < -0.4 is 5.32 Å². The molecule has 2 rings (SSSR count). The van der Waals surface area contributed by atoms with Crippen LogP contribution in [0.3, 0.4) is 0 Å². The zero-order valence-corrected chi connectivity index (χ0v) is 17.8. The predicted molar refractivity (Wildman–Crippen MR) is 107 cm³/mol. The van der Waals surface area contributed by atoms with Crippen molar-refractivity contribution >= 4 is 11.9 Å². The number of nitrogens with zero attached hydrogens (tertiary/aromatic N) is 3. The molecule has 9 heteroatoms. The van der Waals surface area contributed by atoms with Gasteiger partial charge in [-0.1, -0.05) is 30.8 Å². The fourth-order valence-electron chi connectivity index (χ4n) is 3.91. The van der Waals surface area contributed by atoms with E-state index in [0.717, 1.165) is 51.4 Å². The number of hydrogen-bond donors (Lipinski definition) is 1. The fraction of sp³-hybridized carbons (Fsp3) is 0.900. The van der Waals surface area contributed by atoms with Gasteiger partial charge in [-0.25, -0.2) is 4.79 Å². The van der Waals surface area contributed by atoms with Crippen molar-refractivity contribution in [2.75, 3.05) is 13.2 Å². The van der Waals surface area contributed by atoms with Crippen LogP contribution in [0, 0.1) is 0 Å². The lowest BCUT2D eigenvalue weighted by Crippen LogP contribution is -2.48. The molecule has 0 aliphatic heterocycles. The van der Waals surface area contributed by atoms with Crippen LogP contribution in [0.1, 0.15) is 72.1 Å². The van der Waals surface area contributed by atoms with E-state index < -0.39 is 11.6 Å². The summed E-state index contributed by atoms with van der Waals surface area (Å²) in [6.45, 7) is 5.24. The Morgan fingerprint density at radius 3 is 2.31 bits per heavy atom. The van der Waals surface area contributed by atoms with Crippen molar-refractivity contribution in [2.45, 2.75) is 102 Å². The maximum Gasteiger partial charge on any atom is 0.332 e. The van der Waals surface area contributed by atoms with Crippen molar-refractivity contribution in [1.29, 1.82) is 0 Å². The van der Waals surface area contributed by atoms with Crippen molar-refractivity contribution in [3.8, 4) is 0 Å². The van der Waals surface area contributed by atoms with Crippen molar-refractivity contribution in [3.63, 3.8) is 0 Å². The summed E-state index contributed by atoms with van der Waals surface area (Å²) in [7, 11) is 0. The Balaban J connectivity index is 1.79. The Morgan fingerprint density at radius 1 is 1.00 bits per heavy atom. The van der Waals surface area contributed by atoms with Gasteiger partial charge in [-0.3, -0.25) is 4.79 Å². The van der Waals surface area contributed by atoms with Crippen LogP contribution in [-0.2, 0) is 23.8 Å². The molecule has 0 aromatic carbocycles. The van der Waals surface area contributed by atoms with Gasteiger partial charge in [-0.15, -0.1) is 0 Å². The van der Waals surface area contributed by atoms with Gasteiger partial charge in [-0.2, -0.15) is 0 Å². The summed E-state index contributed by atoms with van der Waals surface area (Å²) in [5.41, 5.74) is 8.14. The average Bonchev–Trinajstić information content (AvgIpc) is 2.65. The summed E-state index contributed by atoms with van der Waals surface area (Å²) >= 11 is 0. The molecule has 164 valence electrons. The number of carbonyl (C=O) groups is 2. The average molecular weight is 411 g/mol. The highest BCUT2D eigenvalue weighted by atomic mass is 16.6. The van der Waals surface area contributed by atoms with Gasteiger partial charge in [0.1, 0.15) is 18.8 Å². The van der Waals surface area contributed by atoms with E-state index in [1.165, 1.54) is 0 Å². The SMILES string of the molecule is CC(C)(C)OC(=O)CO[C@H]1CCCC[C@@H]1NC(=O)CO[C@H]1CCCC[C@@H]1N=[N+]=[N-]. The molecule has 9 nitrogen and oxygen atoms in total. The molecule has 0 spiro atoms. The first-order valence-electron chi connectivity index (χ1n) is 10.6. The van der Waals surface area contributed by atoms with Crippen molar-refractivity contribution in [2.24, 2.45) is 5.11 Å². The molecular weight excluding hydrogens is 376 g/mol. The number of hydrogen-bond acceptors (Lipinski definition) is 6. The number of esters is 1. The van der Waals surface area contributed by atoms with Crippen LogP contribution >= 0.6 is 0 Å². The molecule has 2 saturated carbocycles. The molecule has 0 saturated heterocycles. The Kier molecular flexibility index (Phi) is 9.20. The summed E-state index contributed by atoms with van der Waals surface area (Å²) in [6.07, 6.45) is 6.76. The lowest BCUT2D eigenvalue weighted by atomic mass is 9.92. The molecule has 1 N–H and O–H groups in total. The van der Waals surface area contributed by atoms with Crippen LogP contribution in [0.2, 0.25) is 0 Å². The van der Waals surface area contributed by atoms with Gasteiger partial charge in [0.05, 0.1) is 24.3 Å². The highest BCUT2D eigenvalue weighted by Crippen LogP contribution is 2.24. The summed E-state index contributed by atoms with van der Waals surface area (Å²) in [5.74, 6) is -0.620. The molecule has 0 heterocycles. The van der Waals surface area contributed by atoms with Crippen LogP contribution in [0.5, 0.6) is 0 Å². The quantitative estimate of drug-likeness (QED) is 0.284. The van der Waals surface area contributed by atoms with Gasteiger partial charge < -0.3 is 19.5 Å². The Labute approximate surface area is 172 Å². The summed E-state index contributed by atoms with van der Waals surface area (Å²) in [4.78, 5) is 27.2. The predicted octanol–water partition coefficient (Wildman–Crippen LogP) is 3.41. The first kappa shape index (κ1) is 23.4. The van der Waals surface area contributed by atoms with Crippen LogP contribution in [0.25, 0.3) is 10.4 Å². The fourth-order valence-corrected chi connectivity index (χ4v) is 3.91. The monoisotopic (exact) mass is 410 g/mol. The third-order valence-corrected chi connectivity index (χ3v) is 5.18. The van der Waals surface area contributed by atoms with E-state index >= 15 is 0 Å². The number of carbonyl (C=O) groups excluding carboxylic acids is 2. The van der Waals surface area contributed by atoms with Crippen LogP contribution in [0.4, 0.5) is 0 Å². The molecule has 2 aliphatic rings. The zero-order chi connectivity index (χ0) is 21.3. The molecule has 0 radical (unpaired) electrons. The Morgan fingerprint density at radius 2 is 1.62 bits per heavy atom. The lowest BCUT2D eigenvalue weighted by molar-refractivity contribution is -0.163. The second-order valence-corrected chi connectivity index (χ2v) is 8.80. The molecule has 29 heavy (non-hydrogen) atoms. The minimum Gasteiger partial charge on any atom is -0.458 e. The zero-order valence-electron chi connectivity index (χ0n) is 17.8. The van der Waals surface area contributed by atoms with Gasteiger partial charge in [0.2, 0.25) is 5.91 Å². The maximum absolute atomic E-state index is 12.4. The van der Waals surface area contributed by atoms with Gasteiger partial charge in [0, 0.05) is 4.91 Å². The maximum atomic E-state index is 12.4. The van der Waals surface area contributed by atoms with Gasteiger partial charge in [0.15, 0.2) is 0 Å². The van der Waals surface area contributed by atoms with E-state index in [0.29, 0.717) is 0 Å². The second-order valence-electron chi connectivity index (χ2n) is 8.80. The topological polar surface area (TPSA) is 123 Å². The molecule has 0 aromatic rings. The van der Waals surface area contributed by atoms with Gasteiger partial charge in [-0.05, 0) is 52.0 Å². The minimum atomic E-state index is -0.551. The van der Waals surface area contributed by atoms with Crippen molar-refractivity contribution < 1.29 is 23.8 Å². The standard InChI is InChI=1S/C20H34N4O5/c1-20(2,3)29-19(26)13-28-16-10-6-4-8-14(16)22-18(25)12-27-17-11-7-5-9-15(17)23-24-21/h14-17H,4-13H2,1-3H3,(H,22,25)/t14-,15-,16-,17-/m0/s1. The third kappa shape index (κ3) is 8.60. The molecule has 4 atom stereocenters. The van der Waals surface area contributed by atoms with Crippen molar-refractivity contribution in [1.82, 2.24) is 5.32 Å². The van der Waals surface area contributed by atoms with Crippen LogP contribution in [-0.4, -0.2) is 55.0 Å².